The summed E-state index contributed by atoms with van der Waals surface area (Å²) in [5, 5.41) is 8.47. The molecule has 0 amide bonds. The molecule has 20 heavy (non-hydrogen) atoms. The molecule has 0 saturated heterocycles. The van der Waals surface area contributed by atoms with Gasteiger partial charge in [-0.15, -0.1) is 0 Å². The number of benzene rings is 1. The number of sulfonamides is 1. The SMILES string of the molecule is COc1ccc(CNS(=O)(=O)CCC(=O)O)cc1OC. The predicted octanol–water partition coefficient (Wildman–Crippen LogP) is 0.598. The van der Waals surface area contributed by atoms with Crippen molar-refractivity contribution < 1.29 is 27.8 Å². The third kappa shape index (κ3) is 5.06. The van der Waals surface area contributed by atoms with Crippen LogP contribution in [-0.4, -0.2) is 39.5 Å². The molecule has 0 radical (unpaired) electrons. The lowest BCUT2D eigenvalue weighted by Crippen LogP contribution is -2.27. The van der Waals surface area contributed by atoms with E-state index in [2.05, 4.69) is 4.72 Å². The normalized spacial score (nSPS) is 11.1. The molecule has 7 nitrogen and oxygen atoms in total. The molecule has 0 heterocycles. The molecule has 0 aliphatic carbocycles. The molecular weight excluding hydrogens is 286 g/mol. The number of nitrogens with one attached hydrogen (secondary N) is 1. The molecule has 0 aliphatic heterocycles. The summed E-state index contributed by atoms with van der Waals surface area (Å²) in [4.78, 5) is 10.4. The number of hydrogen-bond donors (Lipinski definition) is 2. The lowest BCUT2D eigenvalue weighted by Gasteiger charge is -2.10. The van der Waals surface area contributed by atoms with Gasteiger partial charge in [-0.2, -0.15) is 0 Å². The van der Waals surface area contributed by atoms with Gasteiger partial charge in [-0.25, -0.2) is 13.1 Å². The summed E-state index contributed by atoms with van der Waals surface area (Å²) >= 11 is 0. The van der Waals surface area contributed by atoms with Crippen molar-refractivity contribution in [3.63, 3.8) is 0 Å². The second-order valence-corrected chi connectivity index (χ2v) is 5.90. The minimum atomic E-state index is -3.61. The molecule has 0 unspecified atom stereocenters. The summed E-state index contributed by atoms with van der Waals surface area (Å²) < 4.78 is 35.6. The molecule has 0 bridgehead atoms. The molecule has 8 heteroatoms. The van der Waals surface area contributed by atoms with Gasteiger partial charge in [0.15, 0.2) is 11.5 Å². The van der Waals surface area contributed by atoms with E-state index in [9.17, 15) is 13.2 Å². The highest BCUT2D eigenvalue weighted by atomic mass is 32.2. The second-order valence-electron chi connectivity index (χ2n) is 3.97. The van der Waals surface area contributed by atoms with E-state index in [1.807, 2.05) is 0 Å². The van der Waals surface area contributed by atoms with Crippen molar-refractivity contribution in [3.05, 3.63) is 23.8 Å². The third-order valence-corrected chi connectivity index (χ3v) is 3.85. The maximum atomic E-state index is 11.6. The number of ether oxygens (including phenoxy) is 2. The van der Waals surface area contributed by atoms with Crippen LogP contribution in [0.15, 0.2) is 18.2 Å². The standard InChI is InChI=1S/C12H17NO6S/c1-18-10-4-3-9(7-11(10)19-2)8-13-20(16,17)6-5-12(14)15/h3-4,7,13H,5-6,8H2,1-2H3,(H,14,15). The number of methoxy groups -OCH3 is 2. The lowest BCUT2D eigenvalue weighted by atomic mass is 10.2. The van der Waals surface area contributed by atoms with Gasteiger partial charge in [0.25, 0.3) is 0 Å². The molecule has 0 atom stereocenters. The van der Waals surface area contributed by atoms with Crippen LogP contribution in [0.1, 0.15) is 12.0 Å². The largest absolute Gasteiger partial charge is 0.493 e. The summed E-state index contributed by atoms with van der Waals surface area (Å²) in [6, 6.07) is 5.01. The fraction of sp³-hybridized carbons (Fsp3) is 0.417. The topological polar surface area (TPSA) is 102 Å². The van der Waals surface area contributed by atoms with Crippen LogP contribution < -0.4 is 14.2 Å². The highest BCUT2D eigenvalue weighted by Crippen LogP contribution is 2.27. The Morgan fingerprint density at radius 2 is 1.90 bits per heavy atom. The summed E-state index contributed by atoms with van der Waals surface area (Å²) in [7, 11) is -0.622. The van der Waals surface area contributed by atoms with Crippen molar-refractivity contribution in [1.82, 2.24) is 4.72 Å². The van der Waals surface area contributed by atoms with Crippen LogP contribution in [-0.2, 0) is 21.4 Å². The van der Waals surface area contributed by atoms with E-state index < -0.39 is 28.2 Å². The summed E-state index contributed by atoms with van der Waals surface area (Å²) in [6.07, 6.45) is -0.429. The highest BCUT2D eigenvalue weighted by molar-refractivity contribution is 7.89. The van der Waals surface area contributed by atoms with Crippen LogP contribution in [0.3, 0.4) is 0 Å². The number of aliphatic carboxylic acids is 1. The van der Waals surface area contributed by atoms with E-state index in [-0.39, 0.29) is 6.54 Å². The van der Waals surface area contributed by atoms with E-state index in [0.29, 0.717) is 17.1 Å². The number of carboxylic acid groups (broad SMARTS) is 1. The van der Waals surface area contributed by atoms with E-state index in [1.54, 1.807) is 18.2 Å². The van der Waals surface area contributed by atoms with Crippen molar-refractivity contribution in [3.8, 4) is 11.5 Å². The fourth-order valence-corrected chi connectivity index (χ4v) is 2.45. The summed E-state index contributed by atoms with van der Waals surface area (Å²) in [6.45, 7) is 0.0578. The zero-order valence-corrected chi connectivity index (χ0v) is 12.1. The van der Waals surface area contributed by atoms with Gasteiger partial charge >= 0.3 is 5.97 Å². The first kappa shape index (κ1) is 16.3. The summed E-state index contributed by atoms with van der Waals surface area (Å²) in [5.41, 5.74) is 0.682. The van der Waals surface area contributed by atoms with Gasteiger partial charge in [-0.05, 0) is 17.7 Å². The van der Waals surface area contributed by atoms with Crippen LogP contribution in [0.2, 0.25) is 0 Å². The van der Waals surface area contributed by atoms with E-state index in [1.165, 1.54) is 14.2 Å². The van der Waals surface area contributed by atoms with Crippen LogP contribution in [0.4, 0.5) is 0 Å². The molecule has 2 N–H and O–H groups in total. The smallest absolute Gasteiger partial charge is 0.304 e. The molecule has 1 aromatic carbocycles. The first-order valence-electron chi connectivity index (χ1n) is 5.78. The van der Waals surface area contributed by atoms with Crippen LogP contribution in [0.5, 0.6) is 11.5 Å². The number of hydrogen-bond acceptors (Lipinski definition) is 5. The molecule has 0 fully saturated rings. The lowest BCUT2D eigenvalue weighted by molar-refractivity contribution is -0.136. The average Bonchev–Trinajstić information content (AvgIpc) is 2.43. The quantitative estimate of drug-likeness (QED) is 0.729. The van der Waals surface area contributed by atoms with Gasteiger partial charge in [-0.3, -0.25) is 4.79 Å². The van der Waals surface area contributed by atoms with Crippen LogP contribution in [0.25, 0.3) is 0 Å². The number of carboxylic acids is 1. The van der Waals surface area contributed by atoms with Gasteiger partial charge in [-0.1, -0.05) is 6.07 Å². The van der Waals surface area contributed by atoms with Crippen LogP contribution >= 0.6 is 0 Å². The molecule has 0 saturated carbocycles. The molecule has 1 rings (SSSR count). The van der Waals surface area contributed by atoms with E-state index in [4.69, 9.17) is 14.6 Å². The highest BCUT2D eigenvalue weighted by Gasteiger charge is 2.13. The molecule has 112 valence electrons. The monoisotopic (exact) mass is 303 g/mol. The minimum absolute atomic E-state index is 0.0578. The number of rotatable bonds is 8. The Kier molecular flexibility index (Phi) is 5.78. The van der Waals surface area contributed by atoms with Gasteiger partial charge in [0.1, 0.15) is 0 Å². The Labute approximate surface area is 117 Å². The van der Waals surface area contributed by atoms with Crippen LogP contribution in [0, 0.1) is 0 Å². The van der Waals surface area contributed by atoms with Crippen molar-refractivity contribution in [2.75, 3.05) is 20.0 Å². The second kappa shape index (κ2) is 7.11. The van der Waals surface area contributed by atoms with Gasteiger partial charge in [0.05, 0.1) is 26.4 Å². The Morgan fingerprint density at radius 1 is 1.25 bits per heavy atom. The minimum Gasteiger partial charge on any atom is -0.493 e. The summed E-state index contributed by atoms with van der Waals surface area (Å²) in [5.74, 6) is -0.559. The fourth-order valence-electron chi connectivity index (χ4n) is 1.48. The van der Waals surface area contributed by atoms with Crippen molar-refractivity contribution in [2.24, 2.45) is 0 Å². The zero-order chi connectivity index (χ0) is 15.2. The van der Waals surface area contributed by atoms with Gasteiger partial charge in [0, 0.05) is 6.54 Å². The molecular formula is C12H17NO6S. The molecule has 0 aromatic heterocycles. The first-order valence-corrected chi connectivity index (χ1v) is 7.43. The molecule has 1 aromatic rings. The zero-order valence-electron chi connectivity index (χ0n) is 11.3. The maximum absolute atomic E-state index is 11.6. The molecule has 0 spiro atoms. The van der Waals surface area contributed by atoms with Crippen molar-refractivity contribution in [1.29, 1.82) is 0 Å². The Hall–Kier alpha value is -1.80. The van der Waals surface area contributed by atoms with E-state index >= 15 is 0 Å². The van der Waals surface area contributed by atoms with E-state index in [0.717, 1.165) is 0 Å². The molecule has 0 aliphatic rings. The van der Waals surface area contributed by atoms with Crippen molar-refractivity contribution >= 4 is 16.0 Å². The third-order valence-electron chi connectivity index (χ3n) is 2.53. The Balaban J connectivity index is 2.68. The van der Waals surface area contributed by atoms with Gasteiger partial charge in [0.2, 0.25) is 10.0 Å². The predicted molar refractivity (Wildman–Crippen MR) is 72.4 cm³/mol. The Morgan fingerprint density at radius 3 is 2.45 bits per heavy atom. The Bertz CT molecular complexity index is 569. The average molecular weight is 303 g/mol. The van der Waals surface area contributed by atoms with Crippen molar-refractivity contribution in [2.45, 2.75) is 13.0 Å². The van der Waals surface area contributed by atoms with Gasteiger partial charge < -0.3 is 14.6 Å². The first-order chi connectivity index (χ1) is 9.38. The number of carbonyl (C=O) groups is 1. The maximum Gasteiger partial charge on any atom is 0.304 e.